The summed E-state index contributed by atoms with van der Waals surface area (Å²) in [4.78, 5) is 12.0. The Morgan fingerprint density at radius 1 is 1.07 bits per heavy atom. The maximum atomic E-state index is 12.0. The molecule has 0 fully saturated rings. The molecule has 0 bridgehead atoms. The molecule has 9 heteroatoms. The Kier molecular flexibility index (Phi) is 7.47. The summed E-state index contributed by atoms with van der Waals surface area (Å²) in [5.41, 5.74) is 0. The fourth-order valence-electron chi connectivity index (χ4n) is 2.23. The number of carbonyl (C=O) groups is 1. The van der Waals surface area contributed by atoms with Gasteiger partial charge in [-0.15, -0.1) is 10.2 Å². The van der Waals surface area contributed by atoms with Gasteiger partial charge in [-0.05, 0) is 36.8 Å². The van der Waals surface area contributed by atoms with Crippen molar-refractivity contribution < 1.29 is 14.3 Å². The minimum Gasteiger partial charge on any atom is -0.494 e. The lowest BCUT2D eigenvalue weighted by Gasteiger charge is -2.07. The monoisotopic (exact) mass is 437 g/mol. The minimum atomic E-state index is -0.346. The molecule has 6 nitrogen and oxygen atoms in total. The molecule has 0 spiro atoms. The molecular weight excluding hydrogens is 421 g/mol. The Balaban J connectivity index is 1.39. The quantitative estimate of drug-likeness (QED) is 0.483. The van der Waals surface area contributed by atoms with Crippen molar-refractivity contribution in [2.24, 2.45) is 0 Å². The van der Waals surface area contributed by atoms with E-state index in [1.54, 1.807) is 18.2 Å². The number of rotatable bonds is 9. The number of hydrogen-bond donors (Lipinski definition) is 1. The Morgan fingerprint density at radius 3 is 2.68 bits per heavy atom. The van der Waals surface area contributed by atoms with Crippen LogP contribution in [0.3, 0.4) is 0 Å². The van der Waals surface area contributed by atoms with Gasteiger partial charge in [0.2, 0.25) is 5.13 Å². The third-order valence-corrected chi connectivity index (χ3v) is 4.94. The standard InChI is InChI=1S/C19H17Cl2N3O3S/c20-13-8-9-16(15(21)11-13)27-12-17(25)22-19-24-23-18(28-19)7-4-10-26-14-5-2-1-3-6-14/h1-3,5-6,8-9,11H,4,7,10,12H2,(H,22,24,25). The first-order valence-electron chi connectivity index (χ1n) is 8.48. The fraction of sp³-hybridized carbons (Fsp3) is 0.211. The fourth-order valence-corrected chi connectivity index (χ4v) is 3.49. The third-order valence-electron chi connectivity index (χ3n) is 3.51. The molecule has 0 atom stereocenters. The molecule has 1 N–H and O–H groups in total. The summed E-state index contributed by atoms with van der Waals surface area (Å²) in [5, 5.41) is 12.8. The second kappa shape index (κ2) is 10.3. The van der Waals surface area contributed by atoms with Crippen molar-refractivity contribution >= 4 is 45.6 Å². The highest BCUT2D eigenvalue weighted by atomic mass is 35.5. The topological polar surface area (TPSA) is 73.3 Å². The summed E-state index contributed by atoms with van der Waals surface area (Å²) in [6, 6.07) is 14.4. The van der Waals surface area contributed by atoms with E-state index < -0.39 is 0 Å². The van der Waals surface area contributed by atoms with Crippen molar-refractivity contribution in [1.29, 1.82) is 0 Å². The van der Waals surface area contributed by atoms with Crippen LogP contribution >= 0.6 is 34.5 Å². The highest BCUT2D eigenvalue weighted by molar-refractivity contribution is 7.15. The van der Waals surface area contributed by atoms with Crippen molar-refractivity contribution in [1.82, 2.24) is 10.2 Å². The normalized spacial score (nSPS) is 10.5. The average molecular weight is 438 g/mol. The Bertz CT molecular complexity index is 922. The second-order valence-electron chi connectivity index (χ2n) is 5.68. The molecule has 146 valence electrons. The van der Waals surface area contributed by atoms with Crippen LogP contribution < -0.4 is 14.8 Å². The van der Waals surface area contributed by atoms with E-state index in [2.05, 4.69) is 15.5 Å². The number of nitrogens with one attached hydrogen (secondary N) is 1. The number of para-hydroxylation sites is 1. The zero-order chi connectivity index (χ0) is 19.8. The summed E-state index contributed by atoms with van der Waals surface area (Å²) in [7, 11) is 0. The third kappa shape index (κ3) is 6.37. The molecule has 1 aromatic heterocycles. The molecule has 0 aliphatic carbocycles. The molecule has 0 unspecified atom stereocenters. The highest BCUT2D eigenvalue weighted by Crippen LogP contribution is 2.27. The van der Waals surface area contributed by atoms with Crippen LogP contribution in [0.15, 0.2) is 48.5 Å². The van der Waals surface area contributed by atoms with E-state index in [4.69, 9.17) is 32.7 Å². The number of ether oxygens (including phenoxy) is 2. The maximum Gasteiger partial charge on any atom is 0.264 e. The van der Waals surface area contributed by atoms with E-state index in [9.17, 15) is 4.79 Å². The summed E-state index contributed by atoms with van der Waals surface area (Å²) < 4.78 is 11.0. The molecule has 0 aliphatic heterocycles. The van der Waals surface area contributed by atoms with E-state index in [1.807, 2.05) is 30.3 Å². The Morgan fingerprint density at radius 2 is 1.89 bits per heavy atom. The van der Waals surface area contributed by atoms with Gasteiger partial charge >= 0.3 is 0 Å². The van der Waals surface area contributed by atoms with E-state index in [-0.39, 0.29) is 12.5 Å². The van der Waals surface area contributed by atoms with Gasteiger partial charge in [0.15, 0.2) is 6.61 Å². The van der Waals surface area contributed by atoms with Gasteiger partial charge in [0.05, 0.1) is 11.6 Å². The number of hydrogen-bond acceptors (Lipinski definition) is 6. The number of aromatic nitrogens is 2. The number of benzene rings is 2. The van der Waals surface area contributed by atoms with Gasteiger partial charge in [0.1, 0.15) is 16.5 Å². The van der Waals surface area contributed by atoms with Crippen LogP contribution in [0.1, 0.15) is 11.4 Å². The lowest BCUT2D eigenvalue weighted by molar-refractivity contribution is -0.118. The zero-order valence-electron chi connectivity index (χ0n) is 14.7. The van der Waals surface area contributed by atoms with Crippen molar-refractivity contribution in [2.75, 3.05) is 18.5 Å². The van der Waals surface area contributed by atoms with Gasteiger partial charge in [-0.3, -0.25) is 10.1 Å². The molecule has 0 aliphatic rings. The summed E-state index contributed by atoms with van der Waals surface area (Å²) in [6.45, 7) is 0.391. The number of aryl methyl sites for hydroxylation is 1. The van der Waals surface area contributed by atoms with Gasteiger partial charge in [-0.1, -0.05) is 52.7 Å². The molecule has 3 rings (SSSR count). The van der Waals surface area contributed by atoms with E-state index in [1.165, 1.54) is 11.3 Å². The van der Waals surface area contributed by atoms with Gasteiger partial charge < -0.3 is 9.47 Å². The predicted molar refractivity (Wildman–Crippen MR) is 111 cm³/mol. The van der Waals surface area contributed by atoms with Gasteiger partial charge in [-0.25, -0.2) is 0 Å². The van der Waals surface area contributed by atoms with Gasteiger partial charge in [-0.2, -0.15) is 0 Å². The van der Waals surface area contributed by atoms with Crippen molar-refractivity contribution in [3.05, 3.63) is 63.6 Å². The summed E-state index contributed by atoms with van der Waals surface area (Å²) >= 11 is 13.2. The lowest BCUT2D eigenvalue weighted by Crippen LogP contribution is -2.20. The van der Waals surface area contributed by atoms with Crippen LogP contribution in [-0.2, 0) is 11.2 Å². The SMILES string of the molecule is O=C(COc1ccc(Cl)cc1Cl)Nc1nnc(CCCOc2ccccc2)s1. The van der Waals surface area contributed by atoms with Crippen LogP contribution in [0.25, 0.3) is 0 Å². The van der Waals surface area contributed by atoms with Gasteiger partial charge in [0, 0.05) is 11.4 Å². The minimum absolute atomic E-state index is 0.193. The number of amides is 1. The maximum absolute atomic E-state index is 12.0. The summed E-state index contributed by atoms with van der Waals surface area (Å²) in [6.07, 6.45) is 1.52. The molecule has 1 amide bonds. The van der Waals surface area contributed by atoms with Crippen molar-refractivity contribution in [3.63, 3.8) is 0 Å². The molecule has 0 saturated heterocycles. The number of nitrogens with zero attached hydrogens (tertiary/aromatic N) is 2. The van der Waals surface area contributed by atoms with Gasteiger partial charge in [0.25, 0.3) is 5.91 Å². The largest absolute Gasteiger partial charge is 0.494 e. The lowest BCUT2D eigenvalue weighted by atomic mass is 10.3. The van der Waals surface area contributed by atoms with E-state index in [0.29, 0.717) is 27.5 Å². The Labute approximate surface area is 176 Å². The first kappa shape index (κ1) is 20.4. The smallest absolute Gasteiger partial charge is 0.264 e. The predicted octanol–water partition coefficient (Wildman–Crippen LogP) is 4.87. The van der Waals surface area contributed by atoms with Crippen LogP contribution in [0.2, 0.25) is 10.0 Å². The summed E-state index contributed by atoms with van der Waals surface area (Å²) in [5.74, 6) is 0.882. The van der Waals surface area contributed by atoms with Crippen LogP contribution in [0, 0.1) is 0 Å². The van der Waals surface area contributed by atoms with Crippen molar-refractivity contribution in [3.8, 4) is 11.5 Å². The van der Waals surface area contributed by atoms with E-state index >= 15 is 0 Å². The molecular formula is C19H17Cl2N3O3S. The highest BCUT2D eigenvalue weighted by Gasteiger charge is 2.10. The van der Waals surface area contributed by atoms with E-state index in [0.717, 1.165) is 23.6 Å². The number of carbonyl (C=O) groups excluding carboxylic acids is 1. The van der Waals surface area contributed by atoms with Crippen LogP contribution in [-0.4, -0.2) is 29.3 Å². The number of anilines is 1. The first-order valence-corrected chi connectivity index (χ1v) is 10.1. The molecule has 2 aromatic carbocycles. The molecule has 0 radical (unpaired) electrons. The second-order valence-corrected chi connectivity index (χ2v) is 7.58. The molecule has 28 heavy (non-hydrogen) atoms. The molecule has 3 aromatic rings. The molecule has 0 saturated carbocycles. The zero-order valence-corrected chi connectivity index (χ0v) is 17.1. The molecule has 1 heterocycles. The Hall–Kier alpha value is -2.35. The number of halogens is 2. The van der Waals surface area contributed by atoms with Crippen LogP contribution in [0.4, 0.5) is 5.13 Å². The first-order chi connectivity index (χ1) is 13.6. The van der Waals surface area contributed by atoms with Crippen molar-refractivity contribution in [2.45, 2.75) is 12.8 Å². The van der Waals surface area contributed by atoms with Crippen LogP contribution in [0.5, 0.6) is 11.5 Å². The average Bonchev–Trinajstić information content (AvgIpc) is 3.12.